The second kappa shape index (κ2) is 6.40. The highest BCUT2D eigenvalue weighted by atomic mass is 19.1. The summed E-state index contributed by atoms with van der Waals surface area (Å²) >= 11 is 0. The maximum atomic E-state index is 12.8. The highest BCUT2D eigenvalue weighted by Crippen LogP contribution is 2.13. The average Bonchev–Trinajstić information content (AvgIpc) is 2.18. The molecular formula is C12H18FNO. The van der Waals surface area contributed by atoms with E-state index in [9.17, 15) is 4.39 Å². The van der Waals surface area contributed by atoms with Crippen molar-refractivity contribution < 1.29 is 9.13 Å². The van der Waals surface area contributed by atoms with Crippen LogP contribution in [0.15, 0.2) is 24.3 Å². The quantitative estimate of drug-likeness (QED) is 0.730. The highest BCUT2D eigenvalue weighted by molar-refractivity contribution is 5.22. The van der Waals surface area contributed by atoms with E-state index in [0.29, 0.717) is 5.75 Å². The molecule has 0 fully saturated rings. The van der Waals surface area contributed by atoms with E-state index in [1.165, 1.54) is 12.1 Å². The van der Waals surface area contributed by atoms with Gasteiger partial charge in [-0.1, -0.05) is 13.0 Å². The van der Waals surface area contributed by atoms with Gasteiger partial charge in [0, 0.05) is 12.6 Å². The molecule has 0 amide bonds. The van der Waals surface area contributed by atoms with Gasteiger partial charge in [-0.05, 0) is 32.0 Å². The van der Waals surface area contributed by atoms with Crippen LogP contribution in [-0.4, -0.2) is 19.2 Å². The summed E-state index contributed by atoms with van der Waals surface area (Å²) in [5.41, 5.74) is 0. The molecule has 0 bridgehead atoms. The smallest absolute Gasteiger partial charge is 0.126 e. The van der Waals surface area contributed by atoms with Crippen molar-refractivity contribution in [1.82, 2.24) is 5.32 Å². The van der Waals surface area contributed by atoms with Gasteiger partial charge >= 0.3 is 0 Å². The lowest BCUT2D eigenvalue weighted by molar-refractivity contribution is 0.216. The van der Waals surface area contributed by atoms with Crippen LogP contribution >= 0.6 is 0 Å². The highest BCUT2D eigenvalue weighted by Gasteiger charge is 2.03. The third-order valence-corrected chi connectivity index (χ3v) is 1.99. The van der Waals surface area contributed by atoms with Crippen LogP contribution < -0.4 is 10.1 Å². The van der Waals surface area contributed by atoms with Gasteiger partial charge in [-0.2, -0.15) is 0 Å². The van der Waals surface area contributed by atoms with E-state index in [1.807, 2.05) is 6.92 Å². The van der Waals surface area contributed by atoms with Crippen molar-refractivity contribution in [3.05, 3.63) is 30.1 Å². The molecule has 0 aromatic heterocycles. The van der Waals surface area contributed by atoms with Gasteiger partial charge in [-0.3, -0.25) is 0 Å². The number of benzene rings is 1. The van der Waals surface area contributed by atoms with Crippen LogP contribution in [0.2, 0.25) is 0 Å². The van der Waals surface area contributed by atoms with E-state index in [0.717, 1.165) is 19.5 Å². The Balaban J connectivity index is 2.34. The molecule has 3 heteroatoms. The van der Waals surface area contributed by atoms with Crippen LogP contribution in [-0.2, 0) is 0 Å². The first-order valence-corrected chi connectivity index (χ1v) is 5.35. The summed E-state index contributed by atoms with van der Waals surface area (Å²) in [7, 11) is 0. The maximum Gasteiger partial charge on any atom is 0.126 e. The zero-order chi connectivity index (χ0) is 11.1. The number of ether oxygens (including phenoxy) is 1. The molecule has 1 N–H and O–H groups in total. The molecule has 0 saturated carbocycles. The lowest BCUT2D eigenvalue weighted by atomic mass is 10.3. The molecule has 0 aliphatic heterocycles. The minimum absolute atomic E-state index is 0.0540. The van der Waals surface area contributed by atoms with E-state index in [-0.39, 0.29) is 11.9 Å². The zero-order valence-corrected chi connectivity index (χ0v) is 9.29. The Labute approximate surface area is 90.4 Å². The predicted octanol–water partition coefficient (Wildman–Crippen LogP) is 2.59. The van der Waals surface area contributed by atoms with E-state index in [1.54, 1.807) is 12.1 Å². The van der Waals surface area contributed by atoms with Crippen molar-refractivity contribution in [2.45, 2.75) is 26.4 Å². The first kappa shape index (κ1) is 12.0. The number of nitrogens with one attached hydrogen (secondary N) is 1. The normalized spacial score (nSPS) is 12.5. The van der Waals surface area contributed by atoms with Gasteiger partial charge in [-0.25, -0.2) is 4.39 Å². The number of hydrogen-bond donors (Lipinski definition) is 1. The summed E-state index contributed by atoms with van der Waals surface area (Å²) in [6.07, 6.45) is 1.16. The molecule has 0 saturated heterocycles. The molecule has 0 spiro atoms. The minimum atomic E-state index is -0.263. The Bertz CT molecular complexity index is 291. The van der Waals surface area contributed by atoms with Crippen LogP contribution in [0, 0.1) is 5.82 Å². The number of hydrogen-bond acceptors (Lipinski definition) is 2. The molecule has 1 aromatic carbocycles. The van der Waals surface area contributed by atoms with Gasteiger partial charge < -0.3 is 10.1 Å². The zero-order valence-electron chi connectivity index (χ0n) is 9.29. The summed E-state index contributed by atoms with van der Waals surface area (Å²) < 4.78 is 18.4. The van der Waals surface area contributed by atoms with Gasteiger partial charge in [0.2, 0.25) is 0 Å². The molecular weight excluding hydrogens is 193 g/mol. The first-order valence-electron chi connectivity index (χ1n) is 5.35. The summed E-state index contributed by atoms with van der Waals surface area (Å²) in [5, 5.41) is 3.25. The minimum Gasteiger partial charge on any atom is -0.489 e. The second-order valence-electron chi connectivity index (χ2n) is 3.59. The molecule has 1 atom stereocenters. The summed E-state index contributed by atoms with van der Waals surface area (Å²) in [4.78, 5) is 0. The fourth-order valence-corrected chi connectivity index (χ4v) is 1.30. The van der Waals surface area contributed by atoms with Crippen LogP contribution in [0.4, 0.5) is 4.39 Å². The molecule has 0 heterocycles. The Kier molecular flexibility index (Phi) is 5.12. The predicted molar refractivity (Wildman–Crippen MR) is 59.7 cm³/mol. The molecule has 2 nitrogen and oxygen atoms in total. The average molecular weight is 211 g/mol. The topological polar surface area (TPSA) is 21.3 Å². The van der Waals surface area contributed by atoms with Crippen molar-refractivity contribution in [3.8, 4) is 5.75 Å². The van der Waals surface area contributed by atoms with E-state index < -0.39 is 0 Å². The van der Waals surface area contributed by atoms with Gasteiger partial charge in [0.25, 0.3) is 0 Å². The monoisotopic (exact) mass is 211 g/mol. The van der Waals surface area contributed by atoms with Crippen LogP contribution in [0.3, 0.4) is 0 Å². The van der Waals surface area contributed by atoms with Gasteiger partial charge in [-0.15, -0.1) is 0 Å². The van der Waals surface area contributed by atoms with E-state index in [4.69, 9.17) is 4.74 Å². The Morgan fingerprint density at radius 2 is 2.27 bits per heavy atom. The fourth-order valence-electron chi connectivity index (χ4n) is 1.30. The standard InChI is InChI=1S/C12H18FNO/c1-3-7-14-9-10(2)15-12-6-4-5-11(13)8-12/h4-6,8,10,14H,3,7,9H2,1-2H3. The molecule has 0 aliphatic rings. The lowest BCUT2D eigenvalue weighted by Gasteiger charge is -2.15. The third-order valence-electron chi connectivity index (χ3n) is 1.99. The molecule has 84 valence electrons. The van der Waals surface area contributed by atoms with Crippen LogP contribution in [0.1, 0.15) is 20.3 Å². The molecule has 0 aliphatic carbocycles. The van der Waals surface area contributed by atoms with Crippen molar-refractivity contribution in [1.29, 1.82) is 0 Å². The summed E-state index contributed by atoms with van der Waals surface area (Å²) in [5.74, 6) is 0.321. The molecule has 1 aromatic rings. The third kappa shape index (κ3) is 4.79. The van der Waals surface area contributed by atoms with Crippen LogP contribution in [0.5, 0.6) is 5.75 Å². The summed E-state index contributed by atoms with van der Waals surface area (Å²) in [6, 6.07) is 6.22. The van der Waals surface area contributed by atoms with Crippen molar-refractivity contribution in [2.24, 2.45) is 0 Å². The van der Waals surface area contributed by atoms with Gasteiger partial charge in [0.1, 0.15) is 17.7 Å². The van der Waals surface area contributed by atoms with Crippen molar-refractivity contribution in [2.75, 3.05) is 13.1 Å². The van der Waals surface area contributed by atoms with Gasteiger partial charge in [0.15, 0.2) is 0 Å². The summed E-state index contributed by atoms with van der Waals surface area (Å²) in [6.45, 7) is 5.85. The largest absolute Gasteiger partial charge is 0.489 e. The van der Waals surface area contributed by atoms with E-state index >= 15 is 0 Å². The Morgan fingerprint density at radius 1 is 1.47 bits per heavy atom. The fraction of sp³-hybridized carbons (Fsp3) is 0.500. The van der Waals surface area contributed by atoms with Crippen molar-refractivity contribution >= 4 is 0 Å². The lowest BCUT2D eigenvalue weighted by Crippen LogP contribution is -2.29. The van der Waals surface area contributed by atoms with Gasteiger partial charge in [0.05, 0.1) is 0 Å². The molecule has 15 heavy (non-hydrogen) atoms. The maximum absolute atomic E-state index is 12.8. The first-order chi connectivity index (χ1) is 7.22. The SMILES string of the molecule is CCCNCC(C)Oc1cccc(F)c1. The number of rotatable bonds is 6. The molecule has 1 rings (SSSR count). The number of halogens is 1. The Morgan fingerprint density at radius 3 is 2.93 bits per heavy atom. The van der Waals surface area contributed by atoms with Crippen molar-refractivity contribution in [3.63, 3.8) is 0 Å². The Hall–Kier alpha value is -1.09. The van der Waals surface area contributed by atoms with Crippen LogP contribution in [0.25, 0.3) is 0 Å². The van der Waals surface area contributed by atoms with E-state index in [2.05, 4.69) is 12.2 Å². The molecule has 0 radical (unpaired) electrons. The molecule has 1 unspecified atom stereocenters. The second-order valence-corrected chi connectivity index (χ2v) is 3.59.